The van der Waals surface area contributed by atoms with Crippen LogP contribution in [-0.2, 0) is 6.54 Å². The van der Waals surface area contributed by atoms with Crippen molar-refractivity contribution >= 4 is 5.91 Å². The second kappa shape index (κ2) is 7.84. The predicted molar refractivity (Wildman–Crippen MR) is 107 cm³/mol. The second-order valence-corrected chi connectivity index (χ2v) is 6.38. The number of nitrogens with zero attached hydrogens (tertiary/aromatic N) is 4. The lowest BCUT2D eigenvalue weighted by Gasteiger charge is -2.09. The van der Waals surface area contributed by atoms with E-state index in [2.05, 4.69) is 20.6 Å². The monoisotopic (exact) mass is 369 g/mol. The normalized spacial score (nSPS) is 10.6. The van der Waals surface area contributed by atoms with Gasteiger partial charge >= 0.3 is 0 Å². The average molecular weight is 369 g/mol. The van der Waals surface area contributed by atoms with E-state index in [4.69, 9.17) is 0 Å². The molecule has 0 atom stereocenters. The van der Waals surface area contributed by atoms with E-state index < -0.39 is 0 Å². The molecule has 28 heavy (non-hydrogen) atoms. The molecule has 0 bridgehead atoms. The Morgan fingerprint density at radius 2 is 1.79 bits per heavy atom. The lowest BCUT2D eigenvalue weighted by Crippen LogP contribution is -2.24. The van der Waals surface area contributed by atoms with Crippen molar-refractivity contribution < 1.29 is 4.79 Å². The number of aryl methyl sites for hydroxylation is 1. The molecule has 4 aromatic rings. The molecule has 0 aliphatic rings. The van der Waals surface area contributed by atoms with Crippen LogP contribution in [0.2, 0.25) is 0 Å². The highest BCUT2D eigenvalue weighted by Crippen LogP contribution is 2.24. The van der Waals surface area contributed by atoms with Gasteiger partial charge < -0.3 is 5.32 Å². The molecule has 2 aromatic carbocycles. The van der Waals surface area contributed by atoms with Crippen molar-refractivity contribution in [1.82, 2.24) is 25.3 Å². The molecule has 0 spiro atoms. The fourth-order valence-corrected chi connectivity index (χ4v) is 3.01. The third kappa shape index (κ3) is 3.53. The van der Waals surface area contributed by atoms with Crippen LogP contribution in [0.4, 0.5) is 0 Å². The number of carbonyl (C=O) groups is 1. The molecule has 0 unspecified atom stereocenters. The van der Waals surface area contributed by atoms with Gasteiger partial charge in [-0.15, -0.1) is 5.10 Å². The molecule has 0 fully saturated rings. The third-order valence-corrected chi connectivity index (χ3v) is 4.52. The summed E-state index contributed by atoms with van der Waals surface area (Å²) >= 11 is 0. The Morgan fingerprint density at radius 1 is 1.00 bits per heavy atom. The summed E-state index contributed by atoms with van der Waals surface area (Å²) in [5, 5.41) is 11.4. The summed E-state index contributed by atoms with van der Waals surface area (Å²) in [5.41, 5.74) is 4.67. The molecule has 4 rings (SSSR count). The van der Waals surface area contributed by atoms with Gasteiger partial charge in [0.1, 0.15) is 5.69 Å². The van der Waals surface area contributed by atoms with E-state index in [1.807, 2.05) is 73.7 Å². The third-order valence-electron chi connectivity index (χ3n) is 4.52. The lowest BCUT2D eigenvalue weighted by molar-refractivity contribution is 0.0946. The number of hydrogen-bond donors (Lipinski definition) is 1. The first-order valence-electron chi connectivity index (χ1n) is 8.98. The molecular formula is C22H19N5O. The molecule has 138 valence electrons. The van der Waals surface area contributed by atoms with Crippen LogP contribution in [0.15, 0.2) is 79.1 Å². The van der Waals surface area contributed by atoms with Crippen molar-refractivity contribution in [2.24, 2.45) is 0 Å². The molecule has 6 nitrogen and oxygen atoms in total. The first-order valence-corrected chi connectivity index (χ1v) is 8.98. The zero-order valence-electron chi connectivity index (χ0n) is 15.4. The fourth-order valence-electron chi connectivity index (χ4n) is 3.01. The Kier molecular flexibility index (Phi) is 4.93. The molecule has 0 radical (unpaired) electrons. The van der Waals surface area contributed by atoms with E-state index in [0.717, 1.165) is 22.4 Å². The maximum Gasteiger partial charge on any atom is 0.274 e. The van der Waals surface area contributed by atoms with Gasteiger partial charge in [-0.2, -0.15) is 0 Å². The molecule has 0 saturated heterocycles. The largest absolute Gasteiger partial charge is 0.346 e. The molecule has 0 saturated carbocycles. The first-order chi connectivity index (χ1) is 13.7. The van der Waals surface area contributed by atoms with E-state index in [0.29, 0.717) is 12.2 Å². The quantitative estimate of drug-likeness (QED) is 0.584. The second-order valence-electron chi connectivity index (χ2n) is 6.38. The van der Waals surface area contributed by atoms with Gasteiger partial charge in [-0.05, 0) is 42.3 Å². The topological polar surface area (TPSA) is 72.7 Å². The van der Waals surface area contributed by atoms with Crippen molar-refractivity contribution in [3.8, 4) is 16.9 Å². The van der Waals surface area contributed by atoms with Crippen LogP contribution >= 0.6 is 0 Å². The summed E-state index contributed by atoms with van der Waals surface area (Å²) in [7, 11) is 0. The van der Waals surface area contributed by atoms with E-state index in [-0.39, 0.29) is 11.6 Å². The number of aromatic nitrogens is 4. The summed E-state index contributed by atoms with van der Waals surface area (Å²) in [6, 6.07) is 21.3. The van der Waals surface area contributed by atoms with Gasteiger partial charge in [0.25, 0.3) is 5.91 Å². The van der Waals surface area contributed by atoms with Crippen molar-refractivity contribution in [3.63, 3.8) is 0 Å². The van der Waals surface area contributed by atoms with Crippen molar-refractivity contribution in [2.45, 2.75) is 13.5 Å². The minimum Gasteiger partial charge on any atom is -0.346 e. The van der Waals surface area contributed by atoms with Gasteiger partial charge in [0.15, 0.2) is 5.69 Å². The predicted octanol–water partition coefficient (Wildman–Crippen LogP) is 3.57. The highest BCUT2D eigenvalue weighted by atomic mass is 16.2. The van der Waals surface area contributed by atoms with Crippen LogP contribution in [-0.4, -0.2) is 25.9 Å². The molecule has 2 aromatic heterocycles. The zero-order valence-corrected chi connectivity index (χ0v) is 15.4. The summed E-state index contributed by atoms with van der Waals surface area (Å²) in [6.07, 6.45) is 3.40. The van der Waals surface area contributed by atoms with Crippen LogP contribution in [0.5, 0.6) is 0 Å². The molecule has 0 aliphatic carbocycles. The van der Waals surface area contributed by atoms with Crippen LogP contribution in [0, 0.1) is 6.92 Å². The SMILES string of the molecule is Cc1ccccc1CNC(=O)c1nnn(-c2ccccc2)c1-c1cccnc1. The Balaban J connectivity index is 1.70. The van der Waals surface area contributed by atoms with Gasteiger partial charge in [0, 0.05) is 24.5 Å². The van der Waals surface area contributed by atoms with Crippen LogP contribution in [0.3, 0.4) is 0 Å². The fraction of sp³-hybridized carbons (Fsp3) is 0.0909. The molecule has 6 heteroatoms. The van der Waals surface area contributed by atoms with Gasteiger partial charge in [0.05, 0.1) is 5.69 Å². The van der Waals surface area contributed by atoms with Gasteiger partial charge in [-0.25, -0.2) is 4.68 Å². The number of hydrogen-bond acceptors (Lipinski definition) is 4. The van der Waals surface area contributed by atoms with Crippen LogP contribution < -0.4 is 5.32 Å². The van der Waals surface area contributed by atoms with Gasteiger partial charge in [-0.1, -0.05) is 47.7 Å². The van der Waals surface area contributed by atoms with Crippen LogP contribution in [0.1, 0.15) is 21.6 Å². The number of nitrogens with one attached hydrogen (secondary N) is 1. The lowest BCUT2D eigenvalue weighted by atomic mass is 10.1. The number of amides is 1. The number of pyridine rings is 1. The maximum absolute atomic E-state index is 12.9. The molecule has 1 amide bonds. The number of rotatable bonds is 5. The Bertz CT molecular complexity index is 1090. The zero-order chi connectivity index (χ0) is 19.3. The van der Waals surface area contributed by atoms with Crippen molar-refractivity contribution in [3.05, 3.63) is 95.9 Å². The first kappa shape index (κ1) is 17.6. The standard InChI is InChI=1S/C22H19N5O/c1-16-8-5-6-9-17(16)15-24-22(28)20-21(18-10-7-13-23-14-18)27(26-25-20)19-11-3-2-4-12-19/h2-14H,15H2,1H3,(H,24,28). The van der Waals surface area contributed by atoms with Gasteiger partial charge in [0.2, 0.25) is 0 Å². The van der Waals surface area contributed by atoms with Crippen molar-refractivity contribution in [2.75, 3.05) is 0 Å². The summed E-state index contributed by atoms with van der Waals surface area (Å²) < 4.78 is 1.67. The van der Waals surface area contributed by atoms with E-state index in [9.17, 15) is 4.79 Å². The van der Waals surface area contributed by atoms with Gasteiger partial charge in [-0.3, -0.25) is 9.78 Å². The summed E-state index contributed by atoms with van der Waals surface area (Å²) in [5.74, 6) is -0.274. The maximum atomic E-state index is 12.9. The number of para-hydroxylation sites is 1. The molecule has 0 aliphatic heterocycles. The molecular weight excluding hydrogens is 350 g/mol. The minimum atomic E-state index is -0.274. The number of carbonyl (C=O) groups excluding carboxylic acids is 1. The smallest absolute Gasteiger partial charge is 0.274 e. The highest BCUT2D eigenvalue weighted by molar-refractivity contribution is 5.98. The minimum absolute atomic E-state index is 0.269. The van der Waals surface area contributed by atoms with Crippen molar-refractivity contribution in [1.29, 1.82) is 0 Å². The Labute approximate surface area is 162 Å². The average Bonchev–Trinajstić information content (AvgIpc) is 3.19. The Hall–Kier alpha value is -3.80. The highest BCUT2D eigenvalue weighted by Gasteiger charge is 2.22. The molecule has 1 N–H and O–H groups in total. The van der Waals surface area contributed by atoms with E-state index in [1.165, 1.54) is 0 Å². The molecule has 2 heterocycles. The van der Waals surface area contributed by atoms with E-state index in [1.54, 1.807) is 17.1 Å². The van der Waals surface area contributed by atoms with E-state index >= 15 is 0 Å². The summed E-state index contributed by atoms with van der Waals surface area (Å²) in [6.45, 7) is 2.45. The Morgan fingerprint density at radius 3 is 2.54 bits per heavy atom. The summed E-state index contributed by atoms with van der Waals surface area (Å²) in [4.78, 5) is 17.1. The van der Waals surface area contributed by atoms with Crippen LogP contribution in [0.25, 0.3) is 16.9 Å². The number of benzene rings is 2.